The van der Waals surface area contributed by atoms with Crippen LogP contribution in [0, 0.1) is 5.92 Å². The van der Waals surface area contributed by atoms with Crippen molar-refractivity contribution in [1.82, 2.24) is 5.43 Å². The Hall–Kier alpha value is -1.65. The minimum Gasteiger partial charge on any atom is -0.266 e. The normalized spacial score (nSPS) is 17.7. The Balaban J connectivity index is 1.69. The van der Waals surface area contributed by atoms with Crippen molar-refractivity contribution in [3.63, 3.8) is 0 Å². The summed E-state index contributed by atoms with van der Waals surface area (Å²) in [7, 11) is 0. The number of aryl methyl sites for hydroxylation is 1. The van der Waals surface area contributed by atoms with Gasteiger partial charge in [-0.25, -0.2) is 5.43 Å². The largest absolute Gasteiger partial charge is 0.281 e. The summed E-state index contributed by atoms with van der Waals surface area (Å²) in [6.07, 6.45) is 3.37. The number of amides is 1. The number of hydrogen-bond donors (Lipinski definition) is 1. The molecule has 1 aliphatic carbocycles. The number of nitrogens with one attached hydrogen (secondary N) is 1. The maximum atomic E-state index is 12.3. The summed E-state index contributed by atoms with van der Waals surface area (Å²) >= 11 is 7.47. The van der Waals surface area contributed by atoms with Gasteiger partial charge in [0.25, 0.3) is 5.91 Å². The molecule has 1 aliphatic rings. The van der Waals surface area contributed by atoms with Gasteiger partial charge in [0.15, 0.2) is 0 Å². The van der Waals surface area contributed by atoms with Crippen molar-refractivity contribution in [1.29, 1.82) is 0 Å². The number of rotatable bonds is 3. The van der Waals surface area contributed by atoms with E-state index in [2.05, 4.69) is 17.5 Å². The number of hydrazone groups is 1. The van der Waals surface area contributed by atoms with Gasteiger partial charge in [0.2, 0.25) is 0 Å². The molecule has 5 heteroatoms. The van der Waals surface area contributed by atoms with Crippen molar-refractivity contribution in [3.8, 4) is 0 Å². The molecule has 1 N–H and O–H groups in total. The lowest BCUT2D eigenvalue weighted by molar-refractivity contribution is 0.0959. The number of thiophene rings is 1. The first-order valence-electron chi connectivity index (χ1n) is 7.75. The summed E-state index contributed by atoms with van der Waals surface area (Å²) in [5.41, 5.74) is 5.68. The van der Waals surface area contributed by atoms with Crippen LogP contribution in [0.25, 0.3) is 0 Å². The topological polar surface area (TPSA) is 41.5 Å². The Bertz CT molecular complexity index is 749. The lowest BCUT2D eigenvalue weighted by Gasteiger charge is -2.16. The molecule has 3 rings (SSSR count). The zero-order valence-corrected chi connectivity index (χ0v) is 14.8. The number of carbonyl (C=O) groups excluding carboxylic acids is 1. The van der Waals surface area contributed by atoms with Crippen molar-refractivity contribution in [2.24, 2.45) is 11.0 Å². The van der Waals surface area contributed by atoms with E-state index in [0.29, 0.717) is 10.9 Å². The third-order valence-electron chi connectivity index (χ3n) is 4.14. The SMILES string of the molecule is C/C(=N/NC(=O)c1cc2c(s1)CC[C@H](C)C2)c1ccc(Cl)cc1. The van der Waals surface area contributed by atoms with Gasteiger partial charge in [0, 0.05) is 9.90 Å². The first-order chi connectivity index (χ1) is 11.0. The Kier molecular flexibility index (Phi) is 4.83. The van der Waals surface area contributed by atoms with Gasteiger partial charge in [0.1, 0.15) is 0 Å². The molecule has 1 heterocycles. The van der Waals surface area contributed by atoms with Gasteiger partial charge in [-0.15, -0.1) is 11.3 Å². The van der Waals surface area contributed by atoms with Crippen molar-refractivity contribution in [2.75, 3.05) is 0 Å². The number of halogens is 1. The summed E-state index contributed by atoms with van der Waals surface area (Å²) in [6, 6.07) is 9.42. The Morgan fingerprint density at radius 3 is 2.83 bits per heavy atom. The second-order valence-electron chi connectivity index (χ2n) is 6.05. The molecule has 0 fully saturated rings. The van der Waals surface area contributed by atoms with Gasteiger partial charge in [0.05, 0.1) is 10.6 Å². The molecule has 23 heavy (non-hydrogen) atoms. The maximum Gasteiger partial charge on any atom is 0.281 e. The van der Waals surface area contributed by atoms with Crippen LogP contribution < -0.4 is 5.43 Å². The average molecular weight is 347 g/mol. The smallest absolute Gasteiger partial charge is 0.266 e. The molecule has 0 aliphatic heterocycles. The second-order valence-corrected chi connectivity index (χ2v) is 7.63. The molecule has 1 atom stereocenters. The molecule has 1 aromatic carbocycles. The second kappa shape index (κ2) is 6.85. The quantitative estimate of drug-likeness (QED) is 0.636. The van der Waals surface area contributed by atoms with Gasteiger partial charge in [-0.05, 0) is 61.4 Å². The predicted molar refractivity (Wildman–Crippen MR) is 96.6 cm³/mol. The first-order valence-corrected chi connectivity index (χ1v) is 8.94. The van der Waals surface area contributed by atoms with E-state index < -0.39 is 0 Å². The van der Waals surface area contributed by atoms with E-state index in [1.54, 1.807) is 11.3 Å². The molecule has 0 saturated carbocycles. The highest BCUT2D eigenvalue weighted by Crippen LogP contribution is 2.32. The Morgan fingerprint density at radius 2 is 2.09 bits per heavy atom. The summed E-state index contributed by atoms with van der Waals surface area (Å²) in [5, 5.41) is 4.89. The number of nitrogens with zero attached hydrogens (tertiary/aromatic N) is 1. The highest BCUT2D eigenvalue weighted by atomic mass is 35.5. The van der Waals surface area contributed by atoms with Gasteiger partial charge < -0.3 is 0 Å². The first kappa shape index (κ1) is 16.2. The fourth-order valence-electron chi connectivity index (χ4n) is 2.76. The third kappa shape index (κ3) is 3.82. The number of benzene rings is 1. The summed E-state index contributed by atoms with van der Waals surface area (Å²) in [6.45, 7) is 4.13. The zero-order valence-electron chi connectivity index (χ0n) is 13.2. The van der Waals surface area contributed by atoms with Crippen molar-refractivity contribution >= 4 is 34.6 Å². The van der Waals surface area contributed by atoms with Crippen LogP contribution in [0.15, 0.2) is 35.4 Å². The average Bonchev–Trinajstić information content (AvgIpc) is 2.96. The summed E-state index contributed by atoms with van der Waals surface area (Å²) in [5.74, 6) is 0.573. The van der Waals surface area contributed by atoms with E-state index in [0.717, 1.165) is 29.0 Å². The molecule has 1 aromatic heterocycles. The van der Waals surface area contributed by atoms with Crippen LogP contribution in [0.4, 0.5) is 0 Å². The molecule has 0 unspecified atom stereocenters. The van der Waals surface area contributed by atoms with E-state index in [1.807, 2.05) is 37.3 Å². The van der Waals surface area contributed by atoms with Crippen LogP contribution in [0.5, 0.6) is 0 Å². The molecular weight excluding hydrogens is 328 g/mol. The highest BCUT2D eigenvalue weighted by Gasteiger charge is 2.20. The van der Waals surface area contributed by atoms with Crippen molar-refractivity contribution in [3.05, 3.63) is 56.2 Å². The van der Waals surface area contributed by atoms with E-state index in [4.69, 9.17) is 11.6 Å². The van der Waals surface area contributed by atoms with Crippen LogP contribution in [-0.4, -0.2) is 11.6 Å². The number of fused-ring (bicyclic) bond motifs is 1. The predicted octanol–water partition coefficient (Wildman–Crippen LogP) is 4.68. The Morgan fingerprint density at radius 1 is 1.35 bits per heavy atom. The standard InChI is InChI=1S/C18H19ClN2OS/c1-11-3-8-16-14(9-11)10-17(23-16)18(22)21-20-12(2)13-4-6-15(19)7-5-13/h4-7,10-11H,3,8-9H2,1-2H3,(H,21,22)/b20-12-/t11-/m0/s1. The lowest BCUT2D eigenvalue weighted by atomic mass is 9.90. The number of carbonyl (C=O) groups is 1. The molecule has 2 aromatic rings. The molecule has 0 radical (unpaired) electrons. The monoisotopic (exact) mass is 346 g/mol. The highest BCUT2D eigenvalue weighted by molar-refractivity contribution is 7.14. The molecule has 120 valence electrons. The summed E-state index contributed by atoms with van der Waals surface area (Å²) in [4.78, 5) is 14.4. The van der Waals surface area contributed by atoms with Crippen molar-refractivity contribution < 1.29 is 4.79 Å². The minimum absolute atomic E-state index is 0.134. The van der Waals surface area contributed by atoms with Crippen LogP contribution in [0.2, 0.25) is 5.02 Å². The minimum atomic E-state index is -0.134. The van der Waals surface area contributed by atoms with E-state index in [-0.39, 0.29) is 5.91 Å². The molecule has 1 amide bonds. The molecule has 0 saturated heterocycles. The fraction of sp³-hybridized carbons (Fsp3) is 0.333. The fourth-order valence-corrected chi connectivity index (χ4v) is 3.99. The molecule has 0 spiro atoms. The molecule has 3 nitrogen and oxygen atoms in total. The van der Waals surface area contributed by atoms with Gasteiger partial charge in [-0.1, -0.05) is 30.7 Å². The Labute approximate surface area is 145 Å². The molecular formula is C18H19ClN2OS. The zero-order chi connectivity index (χ0) is 16.4. The van der Waals surface area contributed by atoms with E-state index >= 15 is 0 Å². The lowest BCUT2D eigenvalue weighted by Crippen LogP contribution is -2.18. The third-order valence-corrected chi connectivity index (χ3v) is 5.63. The molecule has 0 bridgehead atoms. The van der Waals surface area contributed by atoms with Gasteiger partial charge in [-0.3, -0.25) is 4.79 Å². The van der Waals surface area contributed by atoms with Gasteiger partial charge >= 0.3 is 0 Å². The number of hydrogen-bond acceptors (Lipinski definition) is 3. The van der Waals surface area contributed by atoms with E-state index in [1.165, 1.54) is 16.9 Å². The van der Waals surface area contributed by atoms with Crippen LogP contribution >= 0.6 is 22.9 Å². The van der Waals surface area contributed by atoms with Crippen LogP contribution in [0.1, 0.15) is 45.9 Å². The van der Waals surface area contributed by atoms with Gasteiger partial charge in [-0.2, -0.15) is 5.10 Å². The van der Waals surface area contributed by atoms with E-state index in [9.17, 15) is 4.79 Å². The summed E-state index contributed by atoms with van der Waals surface area (Å²) < 4.78 is 0. The van der Waals surface area contributed by atoms with Crippen LogP contribution in [0.3, 0.4) is 0 Å². The van der Waals surface area contributed by atoms with Crippen LogP contribution in [-0.2, 0) is 12.8 Å². The van der Waals surface area contributed by atoms with Crippen molar-refractivity contribution in [2.45, 2.75) is 33.1 Å². The maximum absolute atomic E-state index is 12.3.